The highest BCUT2D eigenvalue weighted by Gasteiger charge is 2.15. The summed E-state index contributed by atoms with van der Waals surface area (Å²) in [4.78, 5) is 0. The van der Waals surface area contributed by atoms with E-state index in [1.165, 1.54) is 103 Å². The van der Waals surface area contributed by atoms with Crippen LogP contribution < -0.4 is 4.57 Å². The van der Waals surface area contributed by atoms with E-state index in [0.29, 0.717) is 0 Å². The molecule has 0 aliphatic heterocycles. The maximum atomic E-state index is 2.54. The van der Waals surface area contributed by atoms with E-state index in [1.54, 1.807) is 5.82 Å². The Kier molecular flexibility index (Phi) is 12.9. The van der Waals surface area contributed by atoms with Crippen molar-refractivity contribution in [1.29, 1.82) is 0 Å². The van der Waals surface area contributed by atoms with Crippen LogP contribution in [-0.4, -0.2) is 4.57 Å². The molecule has 0 radical (unpaired) electrons. The second-order valence-electron chi connectivity index (χ2n) is 7.39. The molecule has 0 amide bonds. The summed E-state index contributed by atoms with van der Waals surface area (Å²) in [6, 6.07) is 0. The van der Waals surface area contributed by atoms with Gasteiger partial charge in [-0.2, -0.15) is 0 Å². The van der Waals surface area contributed by atoms with E-state index in [-0.39, 0.29) is 0 Å². The normalized spacial score (nSPS) is 11.3. The lowest BCUT2D eigenvalue weighted by atomic mass is 10.1. The summed E-state index contributed by atoms with van der Waals surface area (Å²) in [5.74, 6) is 1.57. The van der Waals surface area contributed by atoms with Crippen LogP contribution in [0, 0.1) is 0 Å². The molecule has 0 aliphatic carbocycles. The number of hydrogen-bond acceptors (Lipinski definition) is 0. The van der Waals surface area contributed by atoms with Gasteiger partial charge in [0.15, 0.2) is 0 Å². The molecule has 0 spiro atoms. The highest BCUT2D eigenvalue weighted by Crippen LogP contribution is 2.11. The zero-order valence-electron chi connectivity index (χ0n) is 16.9. The molecular formula is C22H43N2+. The van der Waals surface area contributed by atoms with Crippen LogP contribution in [0.4, 0.5) is 0 Å². The Hall–Kier alpha value is -0.790. The van der Waals surface area contributed by atoms with Gasteiger partial charge in [-0.25, -0.2) is 9.13 Å². The van der Waals surface area contributed by atoms with E-state index >= 15 is 0 Å². The van der Waals surface area contributed by atoms with E-state index in [1.807, 2.05) is 0 Å². The highest BCUT2D eigenvalue weighted by atomic mass is 15.1. The molecule has 0 bridgehead atoms. The molecule has 0 aliphatic rings. The van der Waals surface area contributed by atoms with E-state index in [2.05, 4.69) is 42.3 Å². The predicted octanol–water partition coefficient (Wildman–Crippen LogP) is 6.45. The lowest BCUT2D eigenvalue weighted by molar-refractivity contribution is -0.703. The highest BCUT2D eigenvalue weighted by molar-refractivity contribution is 4.84. The molecule has 140 valence electrons. The number of aromatic nitrogens is 2. The summed E-state index contributed by atoms with van der Waals surface area (Å²) in [5.41, 5.74) is 0. The monoisotopic (exact) mass is 335 g/mol. The van der Waals surface area contributed by atoms with Gasteiger partial charge in [-0.05, 0) is 25.7 Å². The summed E-state index contributed by atoms with van der Waals surface area (Å²) < 4.78 is 5.04. The molecule has 1 rings (SSSR count). The Morgan fingerprint density at radius 2 is 1.29 bits per heavy atom. The summed E-state index contributed by atoms with van der Waals surface area (Å²) in [5, 5.41) is 0. The summed E-state index contributed by atoms with van der Waals surface area (Å²) in [6.45, 7) is 9.26. The van der Waals surface area contributed by atoms with Crippen LogP contribution in [0.15, 0.2) is 12.4 Å². The van der Waals surface area contributed by atoms with Crippen molar-refractivity contribution < 1.29 is 4.57 Å². The zero-order chi connectivity index (χ0) is 17.5. The first kappa shape index (κ1) is 21.3. The van der Waals surface area contributed by atoms with Crippen molar-refractivity contribution in [1.82, 2.24) is 4.57 Å². The maximum Gasteiger partial charge on any atom is 0.256 e. The average molecular weight is 336 g/mol. The van der Waals surface area contributed by atoms with Gasteiger partial charge in [-0.3, -0.25) is 0 Å². The van der Waals surface area contributed by atoms with Crippen LogP contribution in [0.2, 0.25) is 0 Å². The van der Waals surface area contributed by atoms with Crippen LogP contribution in [0.3, 0.4) is 0 Å². The van der Waals surface area contributed by atoms with Crippen molar-refractivity contribution in [3.05, 3.63) is 18.2 Å². The first-order valence-electron chi connectivity index (χ1n) is 10.9. The second-order valence-corrected chi connectivity index (χ2v) is 7.39. The number of rotatable bonds is 16. The fraction of sp³-hybridized carbons (Fsp3) is 0.864. The Balaban J connectivity index is 2.35. The van der Waals surface area contributed by atoms with Gasteiger partial charge in [-0.15, -0.1) is 0 Å². The molecule has 0 aromatic carbocycles. The minimum absolute atomic E-state index is 1.17. The lowest BCUT2D eigenvalue weighted by Gasteiger charge is -2.06. The third-order valence-corrected chi connectivity index (χ3v) is 5.06. The molecule has 1 aromatic heterocycles. The number of aryl methyl sites for hydroxylation is 2. The molecular weight excluding hydrogens is 292 g/mol. The van der Waals surface area contributed by atoms with Crippen molar-refractivity contribution in [2.24, 2.45) is 0 Å². The predicted molar refractivity (Wildman–Crippen MR) is 105 cm³/mol. The van der Waals surface area contributed by atoms with Gasteiger partial charge >= 0.3 is 0 Å². The first-order chi connectivity index (χ1) is 11.8. The fourth-order valence-electron chi connectivity index (χ4n) is 3.56. The number of hydrogen-bond donors (Lipinski definition) is 0. The van der Waals surface area contributed by atoms with Crippen LogP contribution in [-0.2, 0) is 19.5 Å². The van der Waals surface area contributed by atoms with Crippen molar-refractivity contribution in [2.45, 2.75) is 124 Å². The summed E-state index contributed by atoms with van der Waals surface area (Å²) >= 11 is 0. The van der Waals surface area contributed by atoms with Crippen molar-refractivity contribution in [3.63, 3.8) is 0 Å². The first-order valence-corrected chi connectivity index (χ1v) is 10.9. The maximum absolute atomic E-state index is 2.54. The third-order valence-electron chi connectivity index (χ3n) is 5.06. The van der Waals surface area contributed by atoms with Crippen molar-refractivity contribution >= 4 is 0 Å². The van der Waals surface area contributed by atoms with Crippen LogP contribution in [0.5, 0.6) is 0 Å². The largest absolute Gasteiger partial charge is 0.256 e. The topological polar surface area (TPSA) is 8.81 Å². The van der Waals surface area contributed by atoms with E-state index < -0.39 is 0 Å². The summed E-state index contributed by atoms with van der Waals surface area (Å²) in [6.07, 6.45) is 23.8. The van der Waals surface area contributed by atoms with Gasteiger partial charge < -0.3 is 0 Å². The van der Waals surface area contributed by atoms with Gasteiger partial charge in [0.2, 0.25) is 0 Å². The molecule has 0 fully saturated rings. The Labute approximate surface area is 151 Å². The minimum atomic E-state index is 1.17. The van der Waals surface area contributed by atoms with Crippen LogP contribution >= 0.6 is 0 Å². The van der Waals surface area contributed by atoms with E-state index in [9.17, 15) is 0 Å². The fourth-order valence-corrected chi connectivity index (χ4v) is 3.56. The quantitative estimate of drug-likeness (QED) is 0.242. The molecule has 1 aromatic rings. The number of nitrogens with zero attached hydrogens (tertiary/aromatic N) is 2. The molecule has 0 atom stereocenters. The Bertz CT molecular complexity index is 395. The molecule has 0 saturated carbocycles. The molecule has 1 heterocycles. The SMILES string of the molecule is CCCCCCCCCn1cc[n+](CCC)c1CCCCCCC. The smallest absolute Gasteiger partial charge is 0.234 e. The lowest BCUT2D eigenvalue weighted by Crippen LogP contribution is -2.37. The molecule has 2 nitrogen and oxygen atoms in total. The van der Waals surface area contributed by atoms with Gasteiger partial charge in [-0.1, -0.05) is 78.6 Å². The Morgan fingerprint density at radius 3 is 1.92 bits per heavy atom. The van der Waals surface area contributed by atoms with Crippen molar-refractivity contribution in [2.75, 3.05) is 0 Å². The molecule has 24 heavy (non-hydrogen) atoms. The van der Waals surface area contributed by atoms with Gasteiger partial charge in [0.1, 0.15) is 12.4 Å². The van der Waals surface area contributed by atoms with Gasteiger partial charge in [0.25, 0.3) is 5.82 Å². The molecule has 0 N–H and O–H groups in total. The molecule has 0 saturated heterocycles. The molecule has 0 unspecified atom stereocenters. The van der Waals surface area contributed by atoms with Crippen molar-refractivity contribution in [3.8, 4) is 0 Å². The average Bonchev–Trinajstić information content (AvgIpc) is 2.96. The zero-order valence-corrected chi connectivity index (χ0v) is 16.9. The Morgan fingerprint density at radius 1 is 0.708 bits per heavy atom. The van der Waals surface area contributed by atoms with E-state index in [4.69, 9.17) is 0 Å². The molecule has 2 heteroatoms. The number of unbranched alkanes of at least 4 members (excludes halogenated alkanes) is 10. The van der Waals surface area contributed by atoms with Crippen LogP contribution in [0.1, 0.15) is 110 Å². The third kappa shape index (κ3) is 8.89. The van der Waals surface area contributed by atoms with Gasteiger partial charge in [0.05, 0.1) is 13.1 Å². The number of imidazole rings is 1. The standard InChI is InChI=1S/C22H43N2/c1-4-7-9-11-12-14-16-19-24-21-20-23(18-6-3)22(24)17-15-13-10-8-5-2/h20-21H,4-19H2,1-3H3/q+1. The minimum Gasteiger partial charge on any atom is -0.234 e. The summed E-state index contributed by atoms with van der Waals surface area (Å²) in [7, 11) is 0. The van der Waals surface area contributed by atoms with Crippen LogP contribution in [0.25, 0.3) is 0 Å². The van der Waals surface area contributed by atoms with Gasteiger partial charge in [0, 0.05) is 6.42 Å². The second kappa shape index (κ2) is 14.5. The van der Waals surface area contributed by atoms with E-state index in [0.717, 1.165) is 0 Å².